The number of hydrogen-bond donors (Lipinski definition) is 0. The van der Waals surface area contributed by atoms with Gasteiger partial charge in [0.2, 0.25) is 0 Å². The van der Waals surface area contributed by atoms with Gasteiger partial charge in [0, 0.05) is 69.2 Å². The normalized spacial score (nSPS) is 12.0. The highest BCUT2D eigenvalue weighted by Crippen LogP contribution is 2.47. The van der Waals surface area contributed by atoms with E-state index in [-0.39, 0.29) is 0 Å². The van der Waals surface area contributed by atoms with Gasteiger partial charge in [0.05, 0.1) is 16.7 Å². The van der Waals surface area contributed by atoms with Gasteiger partial charge < -0.3 is 8.98 Å². The van der Waals surface area contributed by atoms with Gasteiger partial charge in [-0.05, 0) is 36.4 Å². The minimum Gasteiger partial charge on any atom is -0.455 e. The summed E-state index contributed by atoms with van der Waals surface area (Å²) in [7, 11) is 0. The molecule has 0 aliphatic heterocycles. The predicted molar refractivity (Wildman–Crippen MR) is 228 cm³/mol. The van der Waals surface area contributed by atoms with Gasteiger partial charge in [-0.2, -0.15) is 0 Å². The second-order valence-corrected chi connectivity index (χ2v) is 15.0. The van der Waals surface area contributed by atoms with E-state index in [0.717, 1.165) is 66.1 Å². The third kappa shape index (κ3) is 4.49. The Kier molecular flexibility index (Phi) is 6.44. The van der Waals surface area contributed by atoms with Crippen LogP contribution >= 0.6 is 11.3 Å². The lowest BCUT2D eigenvalue weighted by molar-refractivity contribution is 0.672. The number of furan rings is 1. The van der Waals surface area contributed by atoms with Crippen molar-refractivity contribution in [3.05, 3.63) is 170 Å². The number of nitrogens with zero attached hydrogens (tertiary/aromatic N) is 4. The topological polar surface area (TPSA) is 56.7 Å². The number of para-hydroxylation sites is 2. The highest BCUT2D eigenvalue weighted by atomic mass is 32.1. The molecule has 5 nitrogen and oxygen atoms in total. The van der Waals surface area contributed by atoms with Crippen LogP contribution in [-0.2, 0) is 0 Å². The summed E-state index contributed by atoms with van der Waals surface area (Å²) in [6.07, 6.45) is 0. The molecule has 256 valence electrons. The third-order valence-corrected chi connectivity index (χ3v) is 12.0. The van der Waals surface area contributed by atoms with E-state index in [0.29, 0.717) is 17.5 Å². The molecule has 4 heterocycles. The Morgan fingerprint density at radius 1 is 0.418 bits per heavy atom. The first kappa shape index (κ1) is 30.3. The van der Waals surface area contributed by atoms with E-state index >= 15 is 0 Å². The second-order valence-electron chi connectivity index (χ2n) is 13.9. The Labute approximate surface area is 318 Å². The molecular formula is C49H28N4OS. The lowest BCUT2D eigenvalue weighted by Gasteiger charge is -2.15. The minimum atomic E-state index is 0.589. The average Bonchev–Trinajstić information content (AvgIpc) is 3.93. The Morgan fingerprint density at radius 3 is 1.84 bits per heavy atom. The van der Waals surface area contributed by atoms with Crippen LogP contribution in [0.2, 0.25) is 0 Å². The summed E-state index contributed by atoms with van der Waals surface area (Å²) in [6.45, 7) is 0. The summed E-state index contributed by atoms with van der Waals surface area (Å²) in [5.41, 5.74) is 7.77. The maximum atomic E-state index is 6.82. The molecule has 55 heavy (non-hydrogen) atoms. The first-order chi connectivity index (χ1) is 27.3. The lowest BCUT2D eigenvalue weighted by atomic mass is 9.98. The Hall–Kier alpha value is -7.15. The summed E-state index contributed by atoms with van der Waals surface area (Å²) >= 11 is 1.85. The van der Waals surface area contributed by atoms with Gasteiger partial charge in [0.1, 0.15) is 11.2 Å². The SMILES string of the molecule is c1ccc(-c2nc(-c3ccccc3)nc(-c3cccc4c(-n5c6ccccc6c6c7c(ccc65)sc5ccccc57)cc5c6ccccc6oc5c34)n2)cc1. The van der Waals surface area contributed by atoms with Crippen LogP contribution in [0.15, 0.2) is 174 Å². The Bertz CT molecular complexity index is 3430. The van der Waals surface area contributed by atoms with Crippen molar-refractivity contribution in [1.82, 2.24) is 19.5 Å². The molecule has 12 rings (SSSR count). The van der Waals surface area contributed by atoms with Gasteiger partial charge in [-0.15, -0.1) is 11.3 Å². The van der Waals surface area contributed by atoms with Gasteiger partial charge in [-0.1, -0.05) is 133 Å². The maximum absolute atomic E-state index is 6.82. The van der Waals surface area contributed by atoms with E-state index in [1.165, 1.54) is 30.9 Å². The van der Waals surface area contributed by atoms with Crippen LogP contribution in [0, 0.1) is 0 Å². The van der Waals surface area contributed by atoms with Gasteiger partial charge in [-0.25, -0.2) is 15.0 Å². The highest BCUT2D eigenvalue weighted by molar-refractivity contribution is 7.26. The fourth-order valence-electron chi connectivity index (χ4n) is 8.45. The average molecular weight is 721 g/mol. The Balaban J connectivity index is 1.23. The molecule has 0 saturated carbocycles. The van der Waals surface area contributed by atoms with E-state index in [2.05, 4.69) is 102 Å². The molecular weight excluding hydrogens is 693 g/mol. The number of rotatable bonds is 4. The summed E-state index contributed by atoms with van der Waals surface area (Å²) in [5.74, 6) is 1.83. The molecule has 0 radical (unpaired) electrons. The van der Waals surface area contributed by atoms with Gasteiger partial charge in [0.25, 0.3) is 0 Å². The molecule has 0 bridgehead atoms. The predicted octanol–water partition coefficient (Wildman–Crippen LogP) is 13.4. The number of thiophene rings is 1. The lowest BCUT2D eigenvalue weighted by Crippen LogP contribution is -2.01. The molecule has 8 aromatic carbocycles. The van der Waals surface area contributed by atoms with Gasteiger partial charge >= 0.3 is 0 Å². The van der Waals surface area contributed by atoms with Crippen molar-refractivity contribution in [2.45, 2.75) is 0 Å². The fourth-order valence-corrected chi connectivity index (χ4v) is 9.57. The number of hydrogen-bond acceptors (Lipinski definition) is 5. The molecule has 0 spiro atoms. The summed E-state index contributed by atoms with van der Waals surface area (Å²) in [6, 6.07) is 59.5. The summed E-state index contributed by atoms with van der Waals surface area (Å²) < 4.78 is 11.9. The number of benzene rings is 8. The molecule has 12 aromatic rings. The van der Waals surface area contributed by atoms with E-state index in [1.807, 2.05) is 84.1 Å². The van der Waals surface area contributed by atoms with Crippen molar-refractivity contribution in [1.29, 1.82) is 0 Å². The van der Waals surface area contributed by atoms with Gasteiger partial charge in [-0.3, -0.25) is 0 Å². The van der Waals surface area contributed by atoms with Crippen molar-refractivity contribution in [3.8, 4) is 39.9 Å². The molecule has 0 aliphatic carbocycles. The third-order valence-electron chi connectivity index (χ3n) is 10.8. The van der Waals surface area contributed by atoms with Crippen molar-refractivity contribution in [2.24, 2.45) is 0 Å². The van der Waals surface area contributed by atoms with Crippen LogP contribution < -0.4 is 0 Å². The molecule has 0 fully saturated rings. The standard InChI is InChI=1S/C49H28N4OS/c1-3-14-29(15-4-1)47-50-48(30-16-5-2-6-17-30)52-49(51-47)35-22-13-21-33-39(28-36-31-18-8-11-24-40(31)54-46(36)43(33)35)53-37-23-10-7-19-32(37)44-38(53)26-27-42-45(44)34-20-9-12-25-41(34)55-42/h1-28H. The van der Waals surface area contributed by atoms with Crippen LogP contribution in [0.5, 0.6) is 0 Å². The maximum Gasteiger partial charge on any atom is 0.164 e. The van der Waals surface area contributed by atoms with Crippen molar-refractivity contribution < 1.29 is 4.42 Å². The van der Waals surface area contributed by atoms with Crippen molar-refractivity contribution in [3.63, 3.8) is 0 Å². The quantitative estimate of drug-likeness (QED) is 0.182. The first-order valence-corrected chi connectivity index (χ1v) is 19.2. The van der Waals surface area contributed by atoms with Crippen molar-refractivity contribution in [2.75, 3.05) is 0 Å². The van der Waals surface area contributed by atoms with Crippen molar-refractivity contribution >= 4 is 86.0 Å². The van der Waals surface area contributed by atoms with Crippen LogP contribution in [0.1, 0.15) is 0 Å². The largest absolute Gasteiger partial charge is 0.455 e. The van der Waals surface area contributed by atoms with Crippen LogP contribution in [-0.4, -0.2) is 19.5 Å². The van der Waals surface area contributed by atoms with Crippen LogP contribution in [0.4, 0.5) is 0 Å². The number of aromatic nitrogens is 4. The zero-order valence-corrected chi connectivity index (χ0v) is 30.1. The Morgan fingerprint density at radius 2 is 1.05 bits per heavy atom. The monoisotopic (exact) mass is 720 g/mol. The molecule has 0 atom stereocenters. The molecule has 0 N–H and O–H groups in total. The van der Waals surface area contributed by atoms with Crippen LogP contribution in [0.3, 0.4) is 0 Å². The fraction of sp³-hybridized carbons (Fsp3) is 0. The smallest absolute Gasteiger partial charge is 0.164 e. The van der Waals surface area contributed by atoms with E-state index < -0.39 is 0 Å². The van der Waals surface area contributed by atoms with E-state index in [4.69, 9.17) is 19.4 Å². The minimum absolute atomic E-state index is 0.589. The highest BCUT2D eigenvalue weighted by Gasteiger charge is 2.24. The molecule has 0 aliphatic rings. The number of fused-ring (bicyclic) bond motifs is 12. The molecule has 0 unspecified atom stereocenters. The molecule has 0 amide bonds. The molecule has 6 heteroatoms. The van der Waals surface area contributed by atoms with E-state index in [1.54, 1.807) is 0 Å². The molecule has 4 aromatic heterocycles. The zero-order chi connectivity index (χ0) is 36.0. The summed E-state index contributed by atoms with van der Waals surface area (Å²) in [4.78, 5) is 15.4. The summed E-state index contributed by atoms with van der Waals surface area (Å²) in [5, 5.41) is 9.20. The second kappa shape index (κ2) is 11.7. The van der Waals surface area contributed by atoms with Gasteiger partial charge in [0.15, 0.2) is 17.5 Å². The van der Waals surface area contributed by atoms with E-state index in [9.17, 15) is 0 Å². The van der Waals surface area contributed by atoms with Crippen LogP contribution in [0.25, 0.3) is 115 Å². The zero-order valence-electron chi connectivity index (χ0n) is 29.3. The molecule has 0 saturated heterocycles. The first-order valence-electron chi connectivity index (χ1n) is 18.4.